The van der Waals surface area contributed by atoms with Gasteiger partial charge in [0, 0.05) is 33.2 Å². The summed E-state index contributed by atoms with van der Waals surface area (Å²) in [7, 11) is -1.93. The van der Waals surface area contributed by atoms with Gasteiger partial charge in [0.05, 0.1) is 9.82 Å². The van der Waals surface area contributed by atoms with Crippen molar-refractivity contribution in [1.29, 1.82) is 0 Å². The van der Waals surface area contributed by atoms with Crippen LogP contribution in [-0.4, -0.2) is 53.6 Å². The van der Waals surface area contributed by atoms with Crippen molar-refractivity contribution in [3.8, 4) is 0 Å². The first kappa shape index (κ1) is 22.2. The van der Waals surface area contributed by atoms with E-state index in [1.54, 1.807) is 19.2 Å². The molecular formula is C20H29N5O4S. The van der Waals surface area contributed by atoms with Crippen molar-refractivity contribution in [3.63, 3.8) is 0 Å². The van der Waals surface area contributed by atoms with Gasteiger partial charge in [0.2, 0.25) is 15.8 Å². The third-order valence-electron chi connectivity index (χ3n) is 5.48. The van der Waals surface area contributed by atoms with Crippen LogP contribution in [0.25, 0.3) is 0 Å². The summed E-state index contributed by atoms with van der Waals surface area (Å²) in [6, 6.07) is 7.02. The third-order valence-corrected chi connectivity index (χ3v) is 7.39. The summed E-state index contributed by atoms with van der Waals surface area (Å²) < 4.78 is 29.1. The standard InChI is InChI=1S/C20H29N5O4S/c1-6-17-18(25(26)27)19(22(5)21-17)23-11-13-24(14-12-23)30(28,29)16-9-7-15(8-10-16)20(2,3)4/h7-10H,6,11-14H2,1-5H3. The number of sulfonamides is 1. The molecule has 0 saturated carbocycles. The minimum Gasteiger partial charge on any atom is -0.348 e. The van der Waals surface area contributed by atoms with Crippen LogP contribution in [0.3, 0.4) is 0 Å². The molecule has 0 spiro atoms. The molecule has 0 radical (unpaired) electrons. The van der Waals surface area contributed by atoms with Crippen molar-refractivity contribution in [2.75, 3.05) is 31.1 Å². The molecule has 2 heterocycles. The van der Waals surface area contributed by atoms with Crippen LogP contribution in [0.1, 0.15) is 39.0 Å². The zero-order chi connectivity index (χ0) is 22.3. The van der Waals surface area contributed by atoms with Gasteiger partial charge in [-0.25, -0.2) is 13.1 Å². The minimum atomic E-state index is -3.62. The summed E-state index contributed by atoms with van der Waals surface area (Å²) in [5.74, 6) is 0.434. The molecule has 0 atom stereocenters. The van der Waals surface area contributed by atoms with Gasteiger partial charge in [-0.3, -0.25) is 10.1 Å². The molecule has 0 bridgehead atoms. The Hall–Kier alpha value is -2.46. The number of hydrogen-bond acceptors (Lipinski definition) is 6. The number of anilines is 1. The lowest BCUT2D eigenvalue weighted by atomic mass is 9.87. The Bertz CT molecular complexity index is 1030. The maximum absolute atomic E-state index is 13.1. The summed E-state index contributed by atoms with van der Waals surface area (Å²) >= 11 is 0. The van der Waals surface area contributed by atoms with Crippen LogP contribution in [0.15, 0.2) is 29.2 Å². The highest BCUT2D eigenvalue weighted by Crippen LogP contribution is 2.33. The molecule has 30 heavy (non-hydrogen) atoms. The summed E-state index contributed by atoms with van der Waals surface area (Å²) in [4.78, 5) is 13.3. The molecule has 0 aliphatic carbocycles. The van der Waals surface area contributed by atoms with Crippen molar-refractivity contribution in [3.05, 3.63) is 45.6 Å². The lowest BCUT2D eigenvalue weighted by molar-refractivity contribution is -0.384. The molecule has 1 aromatic carbocycles. The summed E-state index contributed by atoms with van der Waals surface area (Å²) in [5.41, 5.74) is 1.46. The Morgan fingerprint density at radius 1 is 1.10 bits per heavy atom. The van der Waals surface area contributed by atoms with E-state index in [1.165, 1.54) is 8.99 Å². The molecule has 0 amide bonds. The van der Waals surface area contributed by atoms with Crippen LogP contribution < -0.4 is 4.90 Å². The average Bonchev–Trinajstić information content (AvgIpc) is 3.04. The third kappa shape index (κ3) is 4.06. The van der Waals surface area contributed by atoms with E-state index in [2.05, 4.69) is 25.9 Å². The number of aryl methyl sites for hydroxylation is 2. The topological polar surface area (TPSA) is 102 Å². The molecule has 9 nitrogen and oxygen atoms in total. The van der Waals surface area contributed by atoms with E-state index in [0.717, 1.165) is 5.56 Å². The maximum atomic E-state index is 13.1. The van der Waals surface area contributed by atoms with E-state index in [9.17, 15) is 18.5 Å². The molecule has 1 fully saturated rings. The summed E-state index contributed by atoms with van der Waals surface area (Å²) in [6.07, 6.45) is 0.461. The Morgan fingerprint density at radius 3 is 2.13 bits per heavy atom. The zero-order valence-electron chi connectivity index (χ0n) is 18.1. The number of benzene rings is 1. The molecule has 0 N–H and O–H groups in total. The number of hydrogen-bond donors (Lipinski definition) is 0. The SMILES string of the molecule is CCc1nn(C)c(N2CCN(S(=O)(=O)c3ccc(C(C)(C)C)cc3)CC2)c1[N+](=O)[O-]. The number of rotatable bonds is 5. The Kier molecular flexibility index (Phi) is 5.92. The normalized spacial score (nSPS) is 16.1. The highest BCUT2D eigenvalue weighted by molar-refractivity contribution is 7.89. The first-order valence-electron chi connectivity index (χ1n) is 10.0. The predicted molar refractivity (Wildman–Crippen MR) is 115 cm³/mol. The first-order valence-corrected chi connectivity index (χ1v) is 11.5. The second-order valence-corrected chi connectivity index (χ2v) is 10.5. The van der Waals surface area contributed by atoms with Gasteiger partial charge in [-0.1, -0.05) is 39.8 Å². The molecule has 164 valence electrons. The zero-order valence-corrected chi connectivity index (χ0v) is 18.9. The fourth-order valence-corrected chi connectivity index (χ4v) is 5.18. The van der Waals surface area contributed by atoms with Crippen molar-refractivity contribution in [2.45, 2.75) is 44.4 Å². The molecule has 2 aromatic rings. The van der Waals surface area contributed by atoms with Crippen LogP contribution in [-0.2, 0) is 28.9 Å². The maximum Gasteiger partial charge on any atom is 0.334 e. The second-order valence-electron chi connectivity index (χ2n) is 8.52. The fourth-order valence-electron chi connectivity index (χ4n) is 3.75. The number of piperazine rings is 1. The molecule has 1 saturated heterocycles. The fraction of sp³-hybridized carbons (Fsp3) is 0.550. The van der Waals surface area contributed by atoms with E-state index < -0.39 is 14.9 Å². The summed E-state index contributed by atoms with van der Waals surface area (Å²) in [6.45, 7) is 9.31. The van der Waals surface area contributed by atoms with Crippen molar-refractivity contribution in [2.24, 2.45) is 7.05 Å². The van der Waals surface area contributed by atoms with Gasteiger partial charge < -0.3 is 4.90 Å². The van der Waals surface area contributed by atoms with E-state index in [1.807, 2.05) is 24.0 Å². The van der Waals surface area contributed by atoms with Gasteiger partial charge in [0.1, 0.15) is 5.69 Å². The van der Waals surface area contributed by atoms with E-state index >= 15 is 0 Å². The first-order chi connectivity index (χ1) is 14.0. The van der Waals surface area contributed by atoms with Crippen LogP contribution >= 0.6 is 0 Å². The second kappa shape index (κ2) is 7.99. The Morgan fingerprint density at radius 2 is 1.67 bits per heavy atom. The number of nitrogens with zero attached hydrogens (tertiary/aromatic N) is 5. The Balaban J connectivity index is 1.79. The predicted octanol–water partition coefficient (Wildman–Crippen LogP) is 2.70. The smallest absolute Gasteiger partial charge is 0.334 e. The van der Waals surface area contributed by atoms with Gasteiger partial charge in [-0.2, -0.15) is 9.40 Å². The average molecular weight is 436 g/mol. The lowest BCUT2D eigenvalue weighted by Gasteiger charge is -2.34. The van der Waals surface area contributed by atoms with Gasteiger partial charge in [-0.05, 0) is 29.5 Å². The highest BCUT2D eigenvalue weighted by atomic mass is 32.2. The van der Waals surface area contributed by atoms with E-state index in [4.69, 9.17) is 0 Å². The molecule has 3 rings (SSSR count). The van der Waals surface area contributed by atoms with Crippen LogP contribution in [0.5, 0.6) is 0 Å². The van der Waals surface area contributed by atoms with Gasteiger partial charge >= 0.3 is 5.69 Å². The number of nitro groups is 1. The van der Waals surface area contributed by atoms with Crippen molar-refractivity contribution in [1.82, 2.24) is 14.1 Å². The number of aromatic nitrogens is 2. The van der Waals surface area contributed by atoms with Crippen LogP contribution in [0.4, 0.5) is 11.5 Å². The quantitative estimate of drug-likeness (QED) is 0.529. The highest BCUT2D eigenvalue weighted by Gasteiger charge is 2.34. The van der Waals surface area contributed by atoms with Gasteiger partial charge in [-0.15, -0.1) is 0 Å². The molecule has 1 aliphatic heterocycles. The molecule has 10 heteroatoms. The lowest BCUT2D eigenvalue weighted by Crippen LogP contribution is -2.49. The van der Waals surface area contributed by atoms with E-state index in [0.29, 0.717) is 31.0 Å². The monoisotopic (exact) mass is 435 g/mol. The summed E-state index contributed by atoms with van der Waals surface area (Å²) in [5, 5.41) is 15.9. The van der Waals surface area contributed by atoms with Crippen molar-refractivity contribution >= 4 is 21.5 Å². The van der Waals surface area contributed by atoms with Gasteiger partial charge in [0.25, 0.3) is 0 Å². The van der Waals surface area contributed by atoms with Crippen molar-refractivity contribution < 1.29 is 13.3 Å². The molecule has 1 aliphatic rings. The molecule has 0 unspecified atom stereocenters. The van der Waals surface area contributed by atoms with E-state index in [-0.39, 0.29) is 29.1 Å². The van der Waals surface area contributed by atoms with Gasteiger partial charge in [0.15, 0.2) is 0 Å². The largest absolute Gasteiger partial charge is 0.348 e. The molecule has 1 aromatic heterocycles. The molecular weight excluding hydrogens is 406 g/mol. The van der Waals surface area contributed by atoms with Crippen LogP contribution in [0.2, 0.25) is 0 Å². The Labute approximate surface area is 177 Å². The van der Waals surface area contributed by atoms with Crippen LogP contribution in [0, 0.1) is 10.1 Å². The minimum absolute atomic E-state index is 0.00840.